The molecule has 4 saturated carbocycles. The van der Waals surface area contributed by atoms with Gasteiger partial charge in [-0.15, -0.1) is 0 Å². The van der Waals surface area contributed by atoms with E-state index in [-0.39, 0.29) is 11.5 Å². The van der Waals surface area contributed by atoms with Gasteiger partial charge in [0.25, 0.3) is 0 Å². The molecule has 0 spiro atoms. The lowest BCUT2D eigenvalue weighted by molar-refractivity contribution is -0.113. The summed E-state index contributed by atoms with van der Waals surface area (Å²) in [6.45, 7) is 4.85. The number of para-hydroxylation sites is 1. The Bertz CT molecular complexity index is 853. The molecule has 1 aromatic rings. The van der Waals surface area contributed by atoms with Gasteiger partial charge >= 0.3 is 0 Å². The first-order valence-corrected chi connectivity index (χ1v) is 11.7. The van der Waals surface area contributed by atoms with E-state index >= 15 is 0 Å². The molecule has 4 fully saturated rings. The fourth-order valence-corrected chi connectivity index (χ4v) is 7.77. The highest BCUT2D eigenvalue weighted by molar-refractivity contribution is 6.46. The highest BCUT2D eigenvalue weighted by Crippen LogP contribution is 2.65. The van der Waals surface area contributed by atoms with Crippen LogP contribution >= 0.6 is 0 Å². The molecule has 5 rings (SSSR count). The zero-order valence-corrected chi connectivity index (χ0v) is 18.2. The Kier molecular flexibility index (Phi) is 4.92. The molecule has 0 amide bonds. The second kappa shape index (κ2) is 7.37. The number of anilines is 1. The number of hydrazone groups is 1. The predicted molar refractivity (Wildman–Crippen MR) is 120 cm³/mol. The number of nitrogens with one attached hydrogen (secondary N) is 1. The van der Waals surface area contributed by atoms with Gasteiger partial charge in [-0.1, -0.05) is 37.2 Å². The fourth-order valence-electron chi connectivity index (χ4n) is 7.77. The molecule has 0 bridgehead atoms. The summed E-state index contributed by atoms with van der Waals surface area (Å²) >= 11 is 0. The van der Waals surface area contributed by atoms with E-state index in [0.717, 1.165) is 49.2 Å². The smallest absolute Gasteiger partial charge is 0.104 e. The number of benzene rings is 1. The summed E-state index contributed by atoms with van der Waals surface area (Å²) in [5, 5.41) is 28.5. The monoisotopic (exact) mass is 409 g/mol. The molecule has 5 nitrogen and oxygen atoms in total. The van der Waals surface area contributed by atoms with Crippen LogP contribution in [0.4, 0.5) is 5.69 Å². The number of rotatable bonds is 2. The summed E-state index contributed by atoms with van der Waals surface area (Å²) in [7, 11) is 0. The Morgan fingerprint density at radius 1 is 1.00 bits per heavy atom. The number of aliphatic hydroxyl groups excluding tert-OH is 1. The van der Waals surface area contributed by atoms with Gasteiger partial charge in [-0.3, -0.25) is 5.43 Å². The van der Waals surface area contributed by atoms with Crippen LogP contribution in [0.3, 0.4) is 0 Å². The van der Waals surface area contributed by atoms with Crippen molar-refractivity contribution in [3.63, 3.8) is 0 Å². The van der Waals surface area contributed by atoms with Crippen LogP contribution in [-0.4, -0.2) is 27.8 Å². The Morgan fingerprint density at radius 2 is 1.80 bits per heavy atom. The zero-order chi connectivity index (χ0) is 20.9. The molecule has 0 aromatic heterocycles. The molecule has 0 radical (unpaired) electrons. The summed E-state index contributed by atoms with van der Waals surface area (Å²) in [5.41, 5.74) is 6.18. The van der Waals surface area contributed by atoms with E-state index in [0.29, 0.717) is 29.1 Å². The molecule has 162 valence electrons. The number of nitrogens with zero attached hydrogens (tertiary/aromatic N) is 2. The van der Waals surface area contributed by atoms with Crippen LogP contribution in [0.5, 0.6) is 0 Å². The number of hydrogen-bond donors (Lipinski definition) is 3. The van der Waals surface area contributed by atoms with Crippen molar-refractivity contribution in [2.24, 2.45) is 44.8 Å². The second-order valence-electron chi connectivity index (χ2n) is 10.7. The second-order valence-corrected chi connectivity index (χ2v) is 10.7. The Balaban J connectivity index is 1.44. The lowest BCUT2D eigenvalue weighted by Gasteiger charge is -2.60. The van der Waals surface area contributed by atoms with Crippen molar-refractivity contribution in [1.82, 2.24) is 0 Å². The molecule has 1 aromatic carbocycles. The van der Waals surface area contributed by atoms with Gasteiger partial charge in [-0.2, -0.15) is 5.10 Å². The minimum absolute atomic E-state index is 0.0398. The zero-order valence-electron chi connectivity index (χ0n) is 18.2. The van der Waals surface area contributed by atoms with Gasteiger partial charge < -0.3 is 10.3 Å². The van der Waals surface area contributed by atoms with E-state index < -0.39 is 0 Å². The number of fused-ring (bicyclic) bond motifs is 5. The van der Waals surface area contributed by atoms with E-state index in [1.54, 1.807) is 0 Å². The average molecular weight is 410 g/mol. The van der Waals surface area contributed by atoms with Crippen LogP contribution in [-0.2, 0) is 0 Å². The molecule has 0 aliphatic heterocycles. The molecule has 4 aliphatic carbocycles. The summed E-state index contributed by atoms with van der Waals surface area (Å²) < 4.78 is 0. The summed E-state index contributed by atoms with van der Waals surface area (Å²) in [4.78, 5) is 0. The van der Waals surface area contributed by atoms with Crippen LogP contribution in [0.25, 0.3) is 0 Å². The van der Waals surface area contributed by atoms with Crippen molar-refractivity contribution in [2.75, 3.05) is 5.43 Å². The summed E-state index contributed by atoms with van der Waals surface area (Å²) in [6.07, 6.45) is 8.58. The van der Waals surface area contributed by atoms with Gasteiger partial charge in [-0.05, 0) is 92.6 Å². The number of aliphatic hydroxyl groups is 1. The minimum atomic E-state index is -0.101. The van der Waals surface area contributed by atoms with Crippen LogP contribution in [0.2, 0.25) is 0 Å². The van der Waals surface area contributed by atoms with Gasteiger partial charge in [-0.25, -0.2) is 0 Å². The molecular weight excluding hydrogens is 374 g/mol. The van der Waals surface area contributed by atoms with Crippen molar-refractivity contribution in [1.29, 1.82) is 0 Å². The lowest BCUT2D eigenvalue weighted by atomic mass is 9.45. The average Bonchev–Trinajstić information content (AvgIpc) is 3.05. The normalized spacial score (nSPS) is 45.6. The Morgan fingerprint density at radius 3 is 2.57 bits per heavy atom. The first kappa shape index (κ1) is 20.0. The lowest BCUT2D eigenvalue weighted by Crippen LogP contribution is -2.54. The van der Waals surface area contributed by atoms with Gasteiger partial charge in [0.1, 0.15) is 5.71 Å². The Labute approximate surface area is 179 Å². The number of hydrogen-bond acceptors (Lipinski definition) is 5. The summed E-state index contributed by atoms with van der Waals surface area (Å²) in [6, 6.07) is 9.99. The van der Waals surface area contributed by atoms with Crippen LogP contribution in [0, 0.1) is 34.5 Å². The Hall–Kier alpha value is -1.88. The van der Waals surface area contributed by atoms with Crippen LogP contribution < -0.4 is 5.43 Å². The molecular formula is C25H35N3O2. The largest absolute Gasteiger partial charge is 0.411 e. The standard InChI is InChI=1S/C25H35N3O2/c1-24-12-10-18(29)14-16(24)8-9-19-20(24)11-13-25(2)21(19)15-22(28-30)23(25)27-26-17-6-4-3-5-7-17/h3-7,16,18-21,26,29-30H,8-15H2,1-2H3/b27-23+,28-22-/t16-,18-,19?,20?,21-,24-,25-/m0/s1. The third-order valence-electron chi connectivity index (χ3n) is 9.45. The predicted octanol–water partition coefficient (Wildman–Crippen LogP) is 5.30. The van der Waals surface area contributed by atoms with Gasteiger partial charge in [0.15, 0.2) is 0 Å². The number of oxime groups is 1. The minimum Gasteiger partial charge on any atom is -0.411 e. The topological polar surface area (TPSA) is 77.2 Å². The highest BCUT2D eigenvalue weighted by atomic mass is 16.4. The first-order valence-electron chi connectivity index (χ1n) is 11.7. The molecule has 2 unspecified atom stereocenters. The van der Waals surface area contributed by atoms with Crippen molar-refractivity contribution in [3.8, 4) is 0 Å². The molecule has 0 saturated heterocycles. The molecule has 30 heavy (non-hydrogen) atoms. The summed E-state index contributed by atoms with van der Waals surface area (Å²) in [5.74, 6) is 2.51. The van der Waals surface area contributed by atoms with Crippen molar-refractivity contribution in [3.05, 3.63) is 30.3 Å². The first-order chi connectivity index (χ1) is 14.5. The third kappa shape index (κ3) is 3.00. The fraction of sp³-hybridized carbons (Fsp3) is 0.680. The van der Waals surface area contributed by atoms with E-state index in [4.69, 9.17) is 5.10 Å². The maximum Gasteiger partial charge on any atom is 0.104 e. The third-order valence-corrected chi connectivity index (χ3v) is 9.45. The quantitative estimate of drug-likeness (QED) is 0.458. The maximum absolute atomic E-state index is 10.2. The SMILES string of the molecule is C[C@]12CCC3C(CC[C@H]4C[C@@H](O)CC[C@]34C)[C@@H]1CC(=N/O)/C2=N\Nc1ccccc1. The maximum atomic E-state index is 10.2. The van der Waals surface area contributed by atoms with Crippen LogP contribution in [0.15, 0.2) is 40.6 Å². The van der Waals surface area contributed by atoms with Crippen LogP contribution in [0.1, 0.15) is 65.2 Å². The molecule has 4 aliphatic rings. The van der Waals surface area contributed by atoms with E-state index in [1.807, 2.05) is 30.3 Å². The van der Waals surface area contributed by atoms with Gasteiger partial charge in [0.05, 0.1) is 17.5 Å². The van der Waals surface area contributed by atoms with E-state index in [1.165, 1.54) is 19.3 Å². The van der Waals surface area contributed by atoms with Crippen molar-refractivity contribution >= 4 is 17.1 Å². The molecule has 0 heterocycles. The van der Waals surface area contributed by atoms with E-state index in [9.17, 15) is 10.3 Å². The molecule has 3 N–H and O–H groups in total. The molecule has 7 atom stereocenters. The molecule has 5 heteroatoms. The highest BCUT2D eigenvalue weighted by Gasteiger charge is 2.61. The van der Waals surface area contributed by atoms with Crippen molar-refractivity contribution < 1.29 is 10.3 Å². The van der Waals surface area contributed by atoms with Gasteiger partial charge in [0, 0.05) is 5.41 Å². The van der Waals surface area contributed by atoms with E-state index in [2.05, 4.69) is 24.4 Å². The van der Waals surface area contributed by atoms with Crippen molar-refractivity contribution in [2.45, 2.75) is 71.3 Å². The van der Waals surface area contributed by atoms with Gasteiger partial charge in [0.2, 0.25) is 0 Å².